The van der Waals surface area contributed by atoms with Crippen molar-refractivity contribution in [3.63, 3.8) is 0 Å². The molecule has 1 fully saturated rings. The first kappa shape index (κ1) is 20.6. The van der Waals surface area contributed by atoms with Crippen LogP contribution in [-0.2, 0) is 17.7 Å². The second-order valence-corrected chi connectivity index (χ2v) is 8.14. The molecule has 1 aliphatic heterocycles. The molecule has 0 spiro atoms. The molecule has 1 aromatic heterocycles. The molecule has 1 aliphatic carbocycles. The number of fused-ring (bicyclic) bond motifs is 1. The molecule has 156 valence electrons. The second-order valence-electron chi connectivity index (χ2n) is 7.73. The number of amides is 1. The van der Waals surface area contributed by atoms with Crippen LogP contribution in [0.3, 0.4) is 0 Å². The summed E-state index contributed by atoms with van der Waals surface area (Å²) in [6.45, 7) is 6.75. The molecule has 4 rings (SSSR count). The van der Waals surface area contributed by atoms with E-state index in [0.29, 0.717) is 49.9 Å². The van der Waals surface area contributed by atoms with E-state index in [4.69, 9.17) is 16.3 Å². The van der Waals surface area contributed by atoms with Gasteiger partial charge in [0.2, 0.25) is 0 Å². The van der Waals surface area contributed by atoms with Gasteiger partial charge < -0.3 is 14.2 Å². The summed E-state index contributed by atoms with van der Waals surface area (Å²) in [5.74, 6) is -0.0751. The van der Waals surface area contributed by atoms with Crippen LogP contribution in [-0.4, -0.2) is 41.7 Å². The van der Waals surface area contributed by atoms with E-state index in [1.165, 1.54) is 0 Å². The van der Waals surface area contributed by atoms with Gasteiger partial charge in [-0.25, -0.2) is 0 Å². The first-order valence-corrected chi connectivity index (χ1v) is 10.6. The zero-order valence-electron chi connectivity index (χ0n) is 17.3. The van der Waals surface area contributed by atoms with E-state index in [-0.39, 0.29) is 11.5 Å². The maximum atomic E-state index is 12.9. The van der Waals surface area contributed by atoms with Crippen LogP contribution in [0.4, 0.5) is 0 Å². The van der Waals surface area contributed by atoms with Crippen molar-refractivity contribution in [2.24, 2.45) is 0 Å². The van der Waals surface area contributed by atoms with Crippen LogP contribution in [0.2, 0.25) is 5.02 Å². The first-order chi connectivity index (χ1) is 14.5. The Morgan fingerprint density at radius 1 is 1.27 bits per heavy atom. The average molecular weight is 425 g/mol. The molecule has 2 heterocycles. The molecular weight excluding hydrogens is 400 g/mol. The van der Waals surface area contributed by atoms with Gasteiger partial charge in [-0.05, 0) is 43.5 Å². The van der Waals surface area contributed by atoms with Crippen LogP contribution in [0.5, 0.6) is 0 Å². The molecule has 0 N–H and O–H groups in total. The van der Waals surface area contributed by atoms with Crippen LogP contribution in [0.15, 0.2) is 46.9 Å². The first-order valence-electron chi connectivity index (χ1n) is 10.2. The summed E-state index contributed by atoms with van der Waals surface area (Å²) in [5, 5.41) is 0.419. The summed E-state index contributed by atoms with van der Waals surface area (Å²) < 4.78 is 7.07. The van der Waals surface area contributed by atoms with E-state index >= 15 is 0 Å². The zero-order chi connectivity index (χ0) is 21.3. The largest absolute Gasteiger partial charge is 0.378 e. The highest BCUT2D eigenvalue weighted by Gasteiger charge is 2.23. The second kappa shape index (κ2) is 8.62. The normalized spacial score (nSPS) is 16.1. The molecule has 2 aliphatic rings. The molecule has 1 amide bonds. The minimum atomic E-state index is -0.0751. The molecule has 0 saturated carbocycles. The number of allylic oxidation sites excluding steroid dienone is 3. The molecule has 5 nitrogen and oxygen atoms in total. The summed E-state index contributed by atoms with van der Waals surface area (Å²) in [5.41, 5.74) is 5.33. The Balaban J connectivity index is 1.75. The fourth-order valence-corrected chi connectivity index (χ4v) is 4.29. The number of nitrogens with zero attached hydrogens (tertiary/aromatic N) is 2. The van der Waals surface area contributed by atoms with Gasteiger partial charge in [0, 0.05) is 37.0 Å². The Morgan fingerprint density at radius 2 is 2.03 bits per heavy atom. The molecule has 0 atom stereocenters. The number of carbonyl (C=O) groups is 1. The van der Waals surface area contributed by atoms with E-state index in [9.17, 15) is 9.59 Å². The molecule has 1 aromatic carbocycles. The fourth-order valence-electron chi connectivity index (χ4n) is 4.02. The van der Waals surface area contributed by atoms with Crippen molar-refractivity contribution in [2.45, 2.75) is 26.8 Å². The Kier molecular flexibility index (Phi) is 5.93. The molecule has 0 radical (unpaired) electrons. The quantitative estimate of drug-likeness (QED) is 0.692. The molecule has 0 bridgehead atoms. The molecule has 0 unspecified atom stereocenters. The Bertz CT molecular complexity index is 1110. The van der Waals surface area contributed by atoms with Crippen molar-refractivity contribution >= 4 is 23.6 Å². The molecule has 2 aromatic rings. The SMILES string of the molecule is C/C=C/Cn1cc(-c2ccc(C(=O)N3CCOCC3)c(Cl)c2)c2c(c1=O)CC(C)=C2. The summed E-state index contributed by atoms with van der Waals surface area (Å²) in [7, 11) is 0. The van der Waals surface area contributed by atoms with Gasteiger partial charge in [-0.15, -0.1) is 0 Å². The number of benzene rings is 1. The van der Waals surface area contributed by atoms with Crippen LogP contribution in [0.1, 0.15) is 35.3 Å². The van der Waals surface area contributed by atoms with Crippen LogP contribution < -0.4 is 5.56 Å². The van der Waals surface area contributed by atoms with E-state index < -0.39 is 0 Å². The van der Waals surface area contributed by atoms with Gasteiger partial charge >= 0.3 is 0 Å². The lowest BCUT2D eigenvalue weighted by atomic mass is 9.98. The summed E-state index contributed by atoms with van der Waals surface area (Å²) in [6, 6.07) is 5.53. The lowest BCUT2D eigenvalue weighted by molar-refractivity contribution is 0.0303. The van der Waals surface area contributed by atoms with Gasteiger partial charge in [0.25, 0.3) is 11.5 Å². The van der Waals surface area contributed by atoms with Crippen molar-refractivity contribution in [3.05, 3.63) is 74.2 Å². The maximum Gasteiger partial charge on any atom is 0.255 e. The summed E-state index contributed by atoms with van der Waals surface area (Å²) in [4.78, 5) is 27.5. The predicted molar refractivity (Wildman–Crippen MR) is 120 cm³/mol. The number of halogens is 1. The molecule has 6 heteroatoms. The average Bonchev–Trinajstić information content (AvgIpc) is 3.15. The standard InChI is InChI=1S/C24H25ClN2O3/c1-3-4-7-27-15-21(19-12-16(2)13-20(19)24(27)29)17-5-6-18(22(25)14-17)23(28)26-8-10-30-11-9-26/h3-6,12,14-15H,7-11,13H2,1-2H3/b4-3+. The number of carbonyl (C=O) groups excluding carboxylic acids is 1. The third-order valence-electron chi connectivity index (χ3n) is 5.61. The van der Waals surface area contributed by atoms with Crippen LogP contribution in [0, 0.1) is 0 Å². The maximum absolute atomic E-state index is 12.9. The third kappa shape index (κ3) is 3.87. The lowest BCUT2D eigenvalue weighted by Gasteiger charge is -2.27. The van der Waals surface area contributed by atoms with Gasteiger partial charge in [0.05, 0.1) is 23.8 Å². The van der Waals surface area contributed by atoms with Crippen molar-refractivity contribution in [3.8, 4) is 11.1 Å². The highest BCUT2D eigenvalue weighted by atomic mass is 35.5. The van der Waals surface area contributed by atoms with Crippen molar-refractivity contribution < 1.29 is 9.53 Å². The predicted octanol–water partition coefficient (Wildman–Crippen LogP) is 4.18. The van der Waals surface area contributed by atoms with Gasteiger partial charge in [0.1, 0.15) is 0 Å². The van der Waals surface area contributed by atoms with E-state index in [1.54, 1.807) is 15.5 Å². The van der Waals surface area contributed by atoms with E-state index in [0.717, 1.165) is 27.8 Å². The number of rotatable bonds is 4. The van der Waals surface area contributed by atoms with Crippen molar-refractivity contribution in [1.29, 1.82) is 0 Å². The topological polar surface area (TPSA) is 51.5 Å². The minimum Gasteiger partial charge on any atom is -0.378 e. The highest BCUT2D eigenvalue weighted by molar-refractivity contribution is 6.34. The van der Waals surface area contributed by atoms with Crippen LogP contribution >= 0.6 is 11.6 Å². The Labute approximate surface area is 181 Å². The highest BCUT2D eigenvalue weighted by Crippen LogP contribution is 2.34. The summed E-state index contributed by atoms with van der Waals surface area (Å²) in [6.07, 6.45) is 8.53. The third-order valence-corrected chi connectivity index (χ3v) is 5.92. The number of aromatic nitrogens is 1. The van der Waals surface area contributed by atoms with E-state index in [1.807, 2.05) is 44.3 Å². The van der Waals surface area contributed by atoms with Gasteiger partial charge in [-0.2, -0.15) is 0 Å². The Morgan fingerprint density at radius 3 is 2.73 bits per heavy atom. The molecule has 1 saturated heterocycles. The lowest BCUT2D eigenvalue weighted by Crippen LogP contribution is -2.40. The fraction of sp³-hybridized carbons (Fsp3) is 0.333. The van der Waals surface area contributed by atoms with Crippen molar-refractivity contribution in [1.82, 2.24) is 9.47 Å². The zero-order valence-corrected chi connectivity index (χ0v) is 18.0. The van der Waals surface area contributed by atoms with Crippen LogP contribution in [0.25, 0.3) is 17.2 Å². The number of morpholine rings is 1. The molecular formula is C24H25ClN2O3. The van der Waals surface area contributed by atoms with Gasteiger partial charge in [0.15, 0.2) is 0 Å². The minimum absolute atomic E-state index is 0.0464. The smallest absolute Gasteiger partial charge is 0.255 e. The van der Waals surface area contributed by atoms with E-state index in [2.05, 4.69) is 6.08 Å². The number of hydrogen-bond donors (Lipinski definition) is 0. The van der Waals surface area contributed by atoms with Crippen molar-refractivity contribution in [2.75, 3.05) is 26.3 Å². The van der Waals surface area contributed by atoms with Gasteiger partial charge in [-0.3, -0.25) is 9.59 Å². The van der Waals surface area contributed by atoms with Gasteiger partial charge in [-0.1, -0.05) is 41.5 Å². The number of hydrogen-bond acceptors (Lipinski definition) is 3. The number of ether oxygens (including phenoxy) is 1. The number of pyridine rings is 1. The monoisotopic (exact) mass is 424 g/mol. The molecule has 30 heavy (non-hydrogen) atoms. The summed E-state index contributed by atoms with van der Waals surface area (Å²) >= 11 is 6.55. The Hall–Kier alpha value is -2.63.